The number of amides is 1. The number of aromatic nitrogens is 3. The largest absolute Gasteiger partial charge is 0.490 e. The molecule has 0 aliphatic carbocycles. The standard InChI is InChI=1S/C17H24ClN5O3/c1-5-25-13-7-11(8-19-16-20-10-21-23-16)6-12(18)15(13)26-9-14(24)22-17(2,3)4/h6-7,10H,5,8-9H2,1-4H3,(H,22,24)(H2,19,20,21,23). The maximum absolute atomic E-state index is 12.0. The number of carbonyl (C=O) groups excluding carboxylic acids is 1. The van der Waals surface area contributed by atoms with E-state index in [-0.39, 0.29) is 18.1 Å². The van der Waals surface area contributed by atoms with E-state index in [1.165, 1.54) is 6.33 Å². The van der Waals surface area contributed by atoms with E-state index in [1.54, 1.807) is 6.07 Å². The third-order valence-corrected chi connectivity index (χ3v) is 3.39. The average molecular weight is 382 g/mol. The minimum Gasteiger partial charge on any atom is -0.490 e. The van der Waals surface area contributed by atoms with Crippen LogP contribution in [-0.4, -0.2) is 39.8 Å². The van der Waals surface area contributed by atoms with Gasteiger partial charge in [-0.15, -0.1) is 0 Å². The van der Waals surface area contributed by atoms with Crippen LogP contribution in [0.4, 0.5) is 5.95 Å². The SMILES string of the molecule is CCOc1cc(CNc2ncn[nH]2)cc(Cl)c1OCC(=O)NC(C)(C)C. The molecule has 3 N–H and O–H groups in total. The van der Waals surface area contributed by atoms with Gasteiger partial charge in [0.05, 0.1) is 11.6 Å². The lowest BCUT2D eigenvalue weighted by atomic mass is 10.1. The van der Waals surface area contributed by atoms with E-state index in [9.17, 15) is 4.79 Å². The van der Waals surface area contributed by atoms with Crippen molar-refractivity contribution in [1.29, 1.82) is 0 Å². The molecule has 0 bridgehead atoms. The van der Waals surface area contributed by atoms with Gasteiger partial charge in [0.1, 0.15) is 6.33 Å². The van der Waals surface area contributed by atoms with Crippen molar-refractivity contribution in [2.45, 2.75) is 39.8 Å². The predicted molar refractivity (Wildman–Crippen MR) is 99.7 cm³/mol. The van der Waals surface area contributed by atoms with Crippen LogP contribution in [0, 0.1) is 0 Å². The summed E-state index contributed by atoms with van der Waals surface area (Å²) < 4.78 is 11.2. The molecule has 0 unspecified atom stereocenters. The molecule has 142 valence electrons. The normalized spacial score (nSPS) is 11.1. The second-order valence-corrected chi connectivity index (χ2v) is 7.02. The molecule has 26 heavy (non-hydrogen) atoms. The summed E-state index contributed by atoms with van der Waals surface area (Å²) in [5, 5.41) is 12.8. The average Bonchev–Trinajstić information content (AvgIpc) is 3.04. The van der Waals surface area contributed by atoms with Gasteiger partial charge in [0.25, 0.3) is 5.91 Å². The van der Waals surface area contributed by atoms with Gasteiger partial charge in [0.15, 0.2) is 18.1 Å². The molecule has 0 radical (unpaired) electrons. The molecule has 0 aliphatic heterocycles. The molecule has 1 amide bonds. The molecule has 2 aromatic rings. The number of H-pyrrole nitrogens is 1. The van der Waals surface area contributed by atoms with E-state index in [4.69, 9.17) is 21.1 Å². The first-order chi connectivity index (χ1) is 12.3. The van der Waals surface area contributed by atoms with Crippen molar-refractivity contribution in [1.82, 2.24) is 20.5 Å². The molecule has 1 aromatic heterocycles. The third-order valence-electron chi connectivity index (χ3n) is 3.11. The van der Waals surface area contributed by atoms with Gasteiger partial charge in [-0.2, -0.15) is 5.10 Å². The van der Waals surface area contributed by atoms with Crippen LogP contribution in [0.25, 0.3) is 0 Å². The Labute approximate surface area is 157 Å². The van der Waals surface area contributed by atoms with Gasteiger partial charge >= 0.3 is 0 Å². The van der Waals surface area contributed by atoms with E-state index in [0.29, 0.717) is 35.6 Å². The summed E-state index contributed by atoms with van der Waals surface area (Å²) in [5.74, 6) is 1.16. The molecule has 1 heterocycles. The van der Waals surface area contributed by atoms with Gasteiger partial charge in [-0.25, -0.2) is 10.1 Å². The molecule has 0 atom stereocenters. The summed E-state index contributed by atoms with van der Waals surface area (Å²) in [4.78, 5) is 16.0. The van der Waals surface area contributed by atoms with Crippen molar-refractivity contribution in [3.63, 3.8) is 0 Å². The Morgan fingerprint density at radius 2 is 2.08 bits per heavy atom. The summed E-state index contributed by atoms with van der Waals surface area (Å²) >= 11 is 6.35. The van der Waals surface area contributed by atoms with Gasteiger partial charge in [-0.3, -0.25) is 4.79 Å². The molecule has 0 saturated carbocycles. The first kappa shape index (κ1) is 19.8. The summed E-state index contributed by atoms with van der Waals surface area (Å²) in [6.45, 7) is 8.34. The lowest BCUT2D eigenvalue weighted by Gasteiger charge is -2.21. The molecule has 9 heteroatoms. The number of carbonyl (C=O) groups is 1. The zero-order valence-corrected chi connectivity index (χ0v) is 16.1. The lowest BCUT2D eigenvalue weighted by Crippen LogP contribution is -2.43. The fraction of sp³-hybridized carbons (Fsp3) is 0.471. The smallest absolute Gasteiger partial charge is 0.258 e. The van der Waals surface area contributed by atoms with E-state index < -0.39 is 0 Å². The second-order valence-electron chi connectivity index (χ2n) is 6.61. The Morgan fingerprint density at radius 3 is 2.69 bits per heavy atom. The van der Waals surface area contributed by atoms with E-state index in [0.717, 1.165) is 5.56 Å². The van der Waals surface area contributed by atoms with Gasteiger partial charge in [-0.1, -0.05) is 11.6 Å². The first-order valence-electron chi connectivity index (χ1n) is 8.26. The monoisotopic (exact) mass is 381 g/mol. The summed E-state index contributed by atoms with van der Waals surface area (Å²) in [7, 11) is 0. The fourth-order valence-corrected chi connectivity index (χ4v) is 2.48. The number of benzene rings is 1. The Morgan fingerprint density at radius 1 is 1.31 bits per heavy atom. The minimum atomic E-state index is -0.330. The molecular formula is C17H24ClN5O3. The minimum absolute atomic E-state index is 0.146. The molecule has 2 rings (SSSR count). The number of halogens is 1. The van der Waals surface area contributed by atoms with E-state index in [2.05, 4.69) is 25.8 Å². The number of hydrogen-bond acceptors (Lipinski definition) is 6. The molecular weight excluding hydrogens is 358 g/mol. The zero-order valence-electron chi connectivity index (χ0n) is 15.4. The number of ether oxygens (including phenoxy) is 2. The van der Waals surface area contributed by atoms with Crippen molar-refractivity contribution in [3.05, 3.63) is 29.0 Å². The van der Waals surface area contributed by atoms with Gasteiger partial charge in [-0.05, 0) is 45.4 Å². The van der Waals surface area contributed by atoms with Gasteiger partial charge in [0.2, 0.25) is 5.95 Å². The highest BCUT2D eigenvalue weighted by atomic mass is 35.5. The third kappa shape index (κ3) is 6.11. The molecule has 0 fully saturated rings. The Hall–Kier alpha value is -2.48. The Balaban J connectivity index is 2.08. The first-order valence-corrected chi connectivity index (χ1v) is 8.64. The van der Waals surface area contributed by atoms with Crippen molar-refractivity contribution in [3.8, 4) is 11.5 Å². The van der Waals surface area contributed by atoms with Crippen LogP contribution >= 0.6 is 11.6 Å². The highest BCUT2D eigenvalue weighted by molar-refractivity contribution is 6.32. The maximum atomic E-state index is 12.0. The summed E-state index contributed by atoms with van der Waals surface area (Å²) in [5.41, 5.74) is 0.546. The van der Waals surface area contributed by atoms with Gasteiger partial charge in [0, 0.05) is 12.1 Å². The highest BCUT2D eigenvalue weighted by Crippen LogP contribution is 2.36. The summed E-state index contributed by atoms with van der Waals surface area (Å²) in [6, 6.07) is 3.57. The van der Waals surface area contributed by atoms with Crippen LogP contribution in [0.5, 0.6) is 11.5 Å². The highest BCUT2D eigenvalue weighted by Gasteiger charge is 2.17. The van der Waals surface area contributed by atoms with Crippen molar-refractivity contribution < 1.29 is 14.3 Å². The molecule has 0 spiro atoms. The number of anilines is 1. The van der Waals surface area contributed by atoms with Crippen LogP contribution in [0.15, 0.2) is 18.5 Å². The van der Waals surface area contributed by atoms with Crippen molar-refractivity contribution in [2.24, 2.45) is 0 Å². The molecule has 1 aromatic carbocycles. The van der Waals surface area contributed by atoms with Crippen LogP contribution < -0.4 is 20.1 Å². The van der Waals surface area contributed by atoms with E-state index in [1.807, 2.05) is 33.8 Å². The second kappa shape index (κ2) is 8.75. The number of aromatic amines is 1. The van der Waals surface area contributed by atoms with Crippen LogP contribution in [0.2, 0.25) is 5.02 Å². The maximum Gasteiger partial charge on any atom is 0.258 e. The van der Waals surface area contributed by atoms with Gasteiger partial charge < -0.3 is 20.1 Å². The summed E-state index contributed by atoms with van der Waals surface area (Å²) in [6.07, 6.45) is 1.42. The molecule has 0 saturated heterocycles. The van der Waals surface area contributed by atoms with Crippen molar-refractivity contribution in [2.75, 3.05) is 18.5 Å². The van der Waals surface area contributed by atoms with Crippen LogP contribution in [0.3, 0.4) is 0 Å². The number of hydrogen-bond donors (Lipinski definition) is 3. The predicted octanol–water partition coefficient (Wildman–Crippen LogP) is 2.76. The van der Waals surface area contributed by atoms with E-state index >= 15 is 0 Å². The topological polar surface area (TPSA) is 101 Å². The number of rotatable bonds is 8. The number of nitrogens with zero attached hydrogens (tertiary/aromatic N) is 2. The fourth-order valence-electron chi connectivity index (χ4n) is 2.19. The number of nitrogens with one attached hydrogen (secondary N) is 3. The van der Waals surface area contributed by atoms with Crippen LogP contribution in [0.1, 0.15) is 33.3 Å². The molecule has 8 nitrogen and oxygen atoms in total. The molecule has 0 aliphatic rings. The van der Waals surface area contributed by atoms with Crippen LogP contribution in [-0.2, 0) is 11.3 Å². The Kier molecular flexibility index (Phi) is 6.68. The quantitative estimate of drug-likeness (QED) is 0.650. The zero-order chi connectivity index (χ0) is 19.2. The van der Waals surface area contributed by atoms with Crippen molar-refractivity contribution >= 4 is 23.5 Å². The Bertz CT molecular complexity index is 729. The lowest BCUT2D eigenvalue weighted by molar-refractivity contribution is -0.124.